The van der Waals surface area contributed by atoms with Crippen molar-refractivity contribution in [2.45, 2.75) is 13.1 Å². The lowest BCUT2D eigenvalue weighted by Gasteiger charge is -1.99. The number of rotatable bonds is 5. The molecule has 0 saturated carbocycles. The second-order valence-electron chi connectivity index (χ2n) is 4.38. The molecule has 0 aliphatic heterocycles. The van der Waals surface area contributed by atoms with Gasteiger partial charge in [-0.2, -0.15) is 5.10 Å². The molecule has 2 aromatic heterocycles. The van der Waals surface area contributed by atoms with Gasteiger partial charge in [0.2, 0.25) is 0 Å². The Kier molecular flexibility index (Phi) is 3.42. The van der Waals surface area contributed by atoms with Crippen LogP contribution in [0.5, 0.6) is 0 Å². The zero-order chi connectivity index (χ0) is 12.9. The summed E-state index contributed by atoms with van der Waals surface area (Å²) in [4.78, 5) is 0. The van der Waals surface area contributed by atoms with Gasteiger partial charge in [-0.15, -0.1) is 0 Å². The van der Waals surface area contributed by atoms with E-state index in [1.807, 2.05) is 24.3 Å². The number of hydrogen-bond donors (Lipinski definition) is 2. The van der Waals surface area contributed by atoms with Crippen LogP contribution in [-0.4, -0.2) is 10.2 Å². The third kappa shape index (κ3) is 2.92. The first-order chi connectivity index (χ1) is 9.42. The summed E-state index contributed by atoms with van der Waals surface area (Å²) in [6.45, 7) is 1.54. The van der Waals surface area contributed by atoms with E-state index in [9.17, 15) is 0 Å². The van der Waals surface area contributed by atoms with Crippen molar-refractivity contribution in [1.29, 1.82) is 0 Å². The van der Waals surface area contributed by atoms with Gasteiger partial charge in [-0.1, -0.05) is 30.3 Å². The van der Waals surface area contributed by atoms with Gasteiger partial charge in [-0.05, 0) is 12.1 Å². The van der Waals surface area contributed by atoms with Crippen LogP contribution in [0.4, 0.5) is 0 Å². The normalized spacial score (nSPS) is 10.7. The third-order valence-corrected chi connectivity index (χ3v) is 2.93. The van der Waals surface area contributed by atoms with Gasteiger partial charge in [0.25, 0.3) is 0 Å². The fraction of sp³-hybridized carbons (Fsp3) is 0.133. The first-order valence-corrected chi connectivity index (χ1v) is 6.23. The molecule has 2 N–H and O–H groups in total. The summed E-state index contributed by atoms with van der Waals surface area (Å²) in [7, 11) is 0. The third-order valence-electron chi connectivity index (χ3n) is 2.93. The van der Waals surface area contributed by atoms with Crippen LogP contribution in [0.3, 0.4) is 0 Å². The van der Waals surface area contributed by atoms with Crippen molar-refractivity contribution < 1.29 is 4.42 Å². The number of nitrogens with zero attached hydrogens (tertiary/aromatic N) is 1. The fourth-order valence-corrected chi connectivity index (χ4v) is 1.94. The molecule has 0 spiro atoms. The summed E-state index contributed by atoms with van der Waals surface area (Å²) in [5.41, 5.74) is 4.31. The van der Waals surface area contributed by atoms with E-state index in [1.54, 1.807) is 12.5 Å². The van der Waals surface area contributed by atoms with Gasteiger partial charge in [0.1, 0.15) is 0 Å². The molecule has 0 aliphatic carbocycles. The maximum absolute atomic E-state index is 5.02. The maximum Gasteiger partial charge on any atom is 0.0947 e. The van der Waals surface area contributed by atoms with Gasteiger partial charge in [0.05, 0.1) is 18.2 Å². The van der Waals surface area contributed by atoms with Crippen LogP contribution >= 0.6 is 0 Å². The topological polar surface area (TPSA) is 53.9 Å². The van der Waals surface area contributed by atoms with Crippen LogP contribution in [0.2, 0.25) is 0 Å². The Labute approximate surface area is 111 Å². The molecule has 19 heavy (non-hydrogen) atoms. The van der Waals surface area contributed by atoms with Crippen LogP contribution < -0.4 is 5.32 Å². The Morgan fingerprint density at radius 2 is 2.00 bits per heavy atom. The number of benzene rings is 1. The SMILES string of the molecule is c1ccc(-c2cc(CNCc3ccoc3)[nH]n2)cc1. The van der Waals surface area contributed by atoms with Gasteiger partial charge in [0.15, 0.2) is 0 Å². The van der Waals surface area contributed by atoms with Gasteiger partial charge >= 0.3 is 0 Å². The molecule has 1 aromatic carbocycles. The van der Waals surface area contributed by atoms with Crippen molar-refractivity contribution in [2.24, 2.45) is 0 Å². The fourth-order valence-electron chi connectivity index (χ4n) is 1.94. The Hall–Kier alpha value is -2.33. The van der Waals surface area contributed by atoms with E-state index in [0.29, 0.717) is 0 Å². The van der Waals surface area contributed by atoms with E-state index < -0.39 is 0 Å². The Morgan fingerprint density at radius 3 is 2.79 bits per heavy atom. The van der Waals surface area contributed by atoms with Gasteiger partial charge in [-0.25, -0.2) is 0 Å². The molecule has 0 atom stereocenters. The minimum Gasteiger partial charge on any atom is -0.472 e. The monoisotopic (exact) mass is 253 g/mol. The highest BCUT2D eigenvalue weighted by atomic mass is 16.3. The molecule has 96 valence electrons. The molecule has 4 nitrogen and oxygen atoms in total. The molecule has 4 heteroatoms. The van der Waals surface area contributed by atoms with E-state index in [1.165, 1.54) is 0 Å². The lowest BCUT2D eigenvalue weighted by Crippen LogP contribution is -2.12. The number of hydrogen-bond acceptors (Lipinski definition) is 3. The summed E-state index contributed by atoms with van der Waals surface area (Å²) in [6, 6.07) is 14.2. The molecule has 0 saturated heterocycles. The number of nitrogens with one attached hydrogen (secondary N) is 2. The average molecular weight is 253 g/mol. The number of furan rings is 1. The van der Waals surface area contributed by atoms with Crippen LogP contribution in [0, 0.1) is 0 Å². The van der Waals surface area contributed by atoms with Crippen LogP contribution in [0.25, 0.3) is 11.3 Å². The van der Waals surface area contributed by atoms with Crippen molar-refractivity contribution >= 4 is 0 Å². The van der Waals surface area contributed by atoms with Crippen molar-refractivity contribution in [3.05, 3.63) is 66.2 Å². The van der Waals surface area contributed by atoms with Gasteiger partial charge in [0, 0.05) is 29.9 Å². The zero-order valence-corrected chi connectivity index (χ0v) is 10.5. The summed E-state index contributed by atoms with van der Waals surface area (Å²) < 4.78 is 5.02. The molecule has 0 unspecified atom stereocenters. The largest absolute Gasteiger partial charge is 0.472 e. The number of H-pyrrole nitrogens is 1. The molecule has 0 aliphatic rings. The summed E-state index contributed by atoms with van der Waals surface area (Å²) >= 11 is 0. The average Bonchev–Trinajstić information content (AvgIpc) is 3.11. The minimum absolute atomic E-state index is 0.755. The number of aromatic amines is 1. The molecule has 3 rings (SSSR count). The van der Waals surface area contributed by atoms with Crippen LogP contribution in [0.15, 0.2) is 59.4 Å². The van der Waals surface area contributed by atoms with Crippen molar-refractivity contribution in [1.82, 2.24) is 15.5 Å². The molecule has 0 bridgehead atoms. The standard InChI is InChI=1S/C15H15N3O/c1-2-4-13(5-3-1)15-8-14(17-18-15)10-16-9-12-6-7-19-11-12/h1-8,11,16H,9-10H2,(H,17,18). The summed E-state index contributed by atoms with van der Waals surface area (Å²) in [5.74, 6) is 0. The van der Waals surface area contributed by atoms with Crippen molar-refractivity contribution in [3.63, 3.8) is 0 Å². The molecular weight excluding hydrogens is 238 g/mol. The Balaban J connectivity index is 1.59. The molecule has 3 aromatic rings. The zero-order valence-electron chi connectivity index (χ0n) is 10.5. The van der Waals surface area contributed by atoms with Crippen molar-refractivity contribution in [2.75, 3.05) is 0 Å². The first-order valence-electron chi connectivity index (χ1n) is 6.23. The summed E-state index contributed by atoms with van der Waals surface area (Å²) in [5, 5.41) is 10.7. The maximum atomic E-state index is 5.02. The molecular formula is C15H15N3O. The van der Waals surface area contributed by atoms with Crippen molar-refractivity contribution in [3.8, 4) is 11.3 Å². The van der Waals surface area contributed by atoms with E-state index >= 15 is 0 Å². The highest BCUT2D eigenvalue weighted by molar-refractivity contribution is 5.58. The number of aromatic nitrogens is 2. The molecule has 0 radical (unpaired) electrons. The molecule has 0 amide bonds. The van der Waals surface area contributed by atoms with E-state index in [2.05, 4.69) is 33.7 Å². The quantitative estimate of drug-likeness (QED) is 0.735. The Bertz CT molecular complexity index is 614. The van der Waals surface area contributed by atoms with Crippen LogP contribution in [0.1, 0.15) is 11.3 Å². The van der Waals surface area contributed by atoms with Gasteiger partial charge in [-0.3, -0.25) is 5.10 Å². The lowest BCUT2D eigenvalue weighted by atomic mass is 10.1. The highest BCUT2D eigenvalue weighted by Gasteiger charge is 2.03. The first kappa shape index (κ1) is 11.7. The van der Waals surface area contributed by atoms with E-state index in [4.69, 9.17) is 4.42 Å². The molecule has 0 fully saturated rings. The Morgan fingerprint density at radius 1 is 1.11 bits per heavy atom. The predicted octanol–water partition coefficient (Wildman–Crippen LogP) is 2.96. The van der Waals surface area contributed by atoms with Crippen LogP contribution in [-0.2, 0) is 13.1 Å². The van der Waals surface area contributed by atoms with Gasteiger partial charge < -0.3 is 9.73 Å². The molecule has 2 heterocycles. The predicted molar refractivity (Wildman–Crippen MR) is 73.3 cm³/mol. The summed E-state index contributed by atoms with van der Waals surface area (Å²) in [6.07, 6.45) is 3.43. The second-order valence-corrected chi connectivity index (χ2v) is 4.38. The second kappa shape index (κ2) is 5.54. The lowest BCUT2D eigenvalue weighted by molar-refractivity contribution is 0.560. The smallest absolute Gasteiger partial charge is 0.0947 e. The minimum atomic E-state index is 0.755. The van der Waals surface area contributed by atoms with E-state index in [0.717, 1.165) is 35.6 Å². The highest BCUT2D eigenvalue weighted by Crippen LogP contribution is 2.16. The van der Waals surface area contributed by atoms with E-state index in [-0.39, 0.29) is 0 Å².